The Bertz CT molecular complexity index is 1030. The van der Waals surface area contributed by atoms with Crippen molar-refractivity contribution in [2.75, 3.05) is 36.2 Å². The van der Waals surface area contributed by atoms with Crippen LogP contribution in [0.3, 0.4) is 0 Å². The van der Waals surface area contributed by atoms with Crippen molar-refractivity contribution < 1.29 is 24.2 Å². The molecule has 0 fully saturated rings. The Balaban J connectivity index is 0.000000277. The van der Waals surface area contributed by atoms with Gasteiger partial charge in [-0.2, -0.15) is 0 Å². The van der Waals surface area contributed by atoms with Gasteiger partial charge in [-0.15, -0.1) is 0 Å². The monoisotopic (exact) mass is 597 g/mol. The number of thiocarbonyl (C=S) groups is 1. The van der Waals surface area contributed by atoms with E-state index in [1.807, 2.05) is 36.4 Å². The molecule has 36 heavy (non-hydrogen) atoms. The predicted octanol–water partition coefficient (Wildman–Crippen LogP) is 5.14. The number of aliphatic hydroxyl groups excluding tert-OH is 1. The average molecular weight is 599 g/mol. The van der Waals surface area contributed by atoms with Gasteiger partial charge in [-0.3, -0.25) is 9.59 Å². The van der Waals surface area contributed by atoms with Gasteiger partial charge in [0.1, 0.15) is 5.33 Å². The highest BCUT2D eigenvalue weighted by molar-refractivity contribution is 9.09. The number of aromatic nitrogens is 2. The lowest BCUT2D eigenvalue weighted by molar-refractivity contribution is -0.140. The van der Waals surface area contributed by atoms with Gasteiger partial charge in [-0.05, 0) is 44.5 Å². The van der Waals surface area contributed by atoms with E-state index in [-0.39, 0.29) is 24.3 Å². The lowest BCUT2D eigenvalue weighted by Gasteiger charge is -1.98. The van der Waals surface area contributed by atoms with Gasteiger partial charge in [0.25, 0.3) is 0 Å². The van der Waals surface area contributed by atoms with Crippen LogP contribution >= 0.6 is 39.9 Å². The number of imidazole rings is 1. The number of carbonyl (C=O) groups excluding carboxylic acids is 2. The van der Waals surface area contributed by atoms with Gasteiger partial charge in [0, 0.05) is 18.7 Å². The molecule has 0 bridgehead atoms. The number of aromatic amines is 1. The van der Waals surface area contributed by atoms with E-state index in [2.05, 4.69) is 48.1 Å². The van der Waals surface area contributed by atoms with Crippen LogP contribution in [0.15, 0.2) is 53.7 Å². The highest BCUT2D eigenvalue weighted by Gasteiger charge is 2.12. The Labute approximate surface area is 229 Å². The molecule has 196 valence electrons. The summed E-state index contributed by atoms with van der Waals surface area (Å²) in [5, 5.41) is 11.7. The van der Waals surface area contributed by atoms with Crippen molar-refractivity contribution in [3.05, 3.63) is 54.1 Å². The number of fused-ring (bicyclic) bond motifs is 2. The summed E-state index contributed by atoms with van der Waals surface area (Å²) in [5.41, 5.74) is 4.38. The minimum Gasteiger partial charge on any atom is -0.465 e. The van der Waals surface area contributed by atoms with Crippen LogP contribution in [0.4, 0.5) is 5.69 Å². The van der Waals surface area contributed by atoms with Crippen LogP contribution in [0.2, 0.25) is 0 Å². The number of para-hydroxylation sites is 3. The Kier molecular flexibility index (Phi) is 16.4. The van der Waals surface area contributed by atoms with E-state index in [1.54, 1.807) is 20.8 Å². The first kappa shape index (κ1) is 31.6. The zero-order chi connectivity index (χ0) is 26.8. The third-order valence-electron chi connectivity index (χ3n) is 4.06. The van der Waals surface area contributed by atoms with Crippen molar-refractivity contribution in [1.29, 1.82) is 0 Å². The van der Waals surface area contributed by atoms with Crippen LogP contribution in [0.1, 0.15) is 26.3 Å². The number of aliphatic hydroxyl groups is 1. The van der Waals surface area contributed by atoms with Gasteiger partial charge >= 0.3 is 11.9 Å². The summed E-state index contributed by atoms with van der Waals surface area (Å²) in [6.45, 7) is 6.38. The molecular weight excluding hydrogens is 566 g/mol. The summed E-state index contributed by atoms with van der Waals surface area (Å²) >= 11 is 9.31. The van der Waals surface area contributed by atoms with E-state index >= 15 is 0 Å². The number of nitrogens with zero attached hydrogens (tertiary/aromatic N) is 1. The van der Waals surface area contributed by atoms with Gasteiger partial charge in [0.15, 0.2) is 5.16 Å². The molecular formula is C25H32BrN3O5S2. The SMILES string of the molecule is CCO.CCOC(=O)CBr.CCOC(=O)CSc1nc2ccccc2[nH]1.S=C1Cc2ccccc2N1. The van der Waals surface area contributed by atoms with Crippen molar-refractivity contribution in [2.45, 2.75) is 32.3 Å². The Hall–Kier alpha value is -2.47. The molecule has 8 nitrogen and oxygen atoms in total. The number of carbonyl (C=O) groups is 2. The third-order valence-corrected chi connectivity index (χ3v) is 5.61. The van der Waals surface area contributed by atoms with E-state index < -0.39 is 0 Å². The number of thioether (sulfide) groups is 1. The molecule has 0 radical (unpaired) electrons. The number of hydrogen-bond acceptors (Lipinski definition) is 8. The Morgan fingerprint density at radius 3 is 2.25 bits per heavy atom. The molecule has 1 aliphatic heterocycles. The maximum Gasteiger partial charge on any atom is 0.316 e. The van der Waals surface area contributed by atoms with Crippen LogP contribution in [0, 0.1) is 0 Å². The fourth-order valence-electron chi connectivity index (χ4n) is 2.69. The fourth-order valence-corrected chi connectivity index (χ4v) is 3.80. The second kappa shape index (κ2) is 18.8. The zero-order valence-corrected chi connectivity index (χ0v) is 23.8. The molecule has 3 aromatic rings. The van der Waals surface area contributed by atoms with Gasteiger partial charge in [-0.1, -0.05) is 70.2 Å². The molecule has 0 unspecified atom stereocenters. The van der Waals surface area contributed by atoms with E-state index in [0.29, 0.717) is 18.5 Å². The van der Waals surface area contributed by atoms with Crippen LogP contribution < -0.4 is 5.32 Å². The average Bonchev–Trinajstić information content (AvgIpc) is 3.46. The van der Waals surface area contributed by atoms with Crippen LogP contribution in [-0.4, -0.2) is 62.9 Å². The number of benzene rings is 2. The highest BCUT2D eigenvalue weighted by atomic mass is 79.9. The molecule has 0 aliphatic carbocycles. The minimum atomic E-state index is -0.215. The lowest BCUT2D eigenvalue weighted by Crippen LogP contribution is -2.06. The summed E-state index contributed by atoms with van der Waals surface area (Å²) in [6.07, 6.45) is 0.908. The molecule has 3 N–H and O–H groups in total. The smallest absolute Gasteiger partial charge is 0.316 e. The Morgan fingerprint density at radius 2 is 1.67 bits per heavy atom. The van der Waals surface area contributed by atoms with Crippen LogP contribution in [-0.2, 0) is 25.5 Å². The lowest BCUT2D eigenvalue weighted by atomic mass is 10.2. The van der Waals surface area contributed by atoms with E-state index in [1.165, 1.54) is 23.0 Å². The Morgan fingerprint density at radius 1 is 1.06 bits per heavy atom. The summed E-state index contributed by atoms with van der Waals surface area (Å²) < 4.78 is 9.34. The fraction of sp³-hybridized carbons (Fsp3) is 0.360. The molecule has 2 aromatic carbocycles. The number of H-pyrrole nitrogens is 1. The molecule has 0 saturated carbocycles. The largest absolute Gasteiger partial charge is 0.465 e. The number of alkyl halides is 1. The van der Waals surface area contributed by atoms with Gasteiger partial charge in [-0.25, -0.2) is 4.98 Å². The third kappa shape index (κ3) is 12.5. The predicted molar refractivity (Wildman–Crippen MR) is 153 cm³/mol. The topological polar surface area (TPSA) is 114 Å². The summed E-state index contributed by atoms with van der Waals surface area (Å²) in [4.78, 5) is 29.7. The molecule has 0 saturated heterocycles. The molecule has 0 spiro atoms. The number of hydrogen-bond donors (Lipinski definition) is 3. The second-order valence-electron chi connectivity index (χ2n) is 6.79. The first-order valence-electron chi connectivity index (χ1n) is 11.3. The standard InChI is InChI=1S/C11H12N2O2S.C8H7NS.C4H7BrO2.C2H6O/c1-2-15-10(14)7-16-11-12-8-5-3-4-6-9(8)13-11;10-8-5-6-3-1-2-4-7(6)9-8;1-2-7-4(6)3-5;1-2-3/h3-6H,2,7H2,1H3,(H,12,13);1-4H,5H2,(H,9,10);2-3H2,1H3;3H,2H2,1H3. The quantitative estimate of drug-likeness (QED) is 0.154. The molecule has 4 rings (SSSR count). The van der Waals surface area contributed by atoms with E-state index in [9.17, 15) is 9.59 Å². The first-order valence-corrected chi connectivity index (χ1v) is 13.8. The molecule has 1 aliphatic rings. The van der Waals surface area contributed by atoms with Crippen molar-refractivity contribution in [1.82, 2.24) is 9.97 Å². The van der Waals surface area contributed by atoms with Crippen molar-refractivity contribution in [3.8, 4) is 0 Å². The molecule has 0 atom stereocenters. The number of rotatable bonds is 6. The molecule has 0 amide bonds. The number of nitrogens with one attached hydrogen (secondary N) is 2. The van der Waals surface area contributed by atoms with Crippen LogP contribution in [0.5, 0.6) is 0 Å². The van der Waals surface area contributed by atoms with Crippen molar-refractivity contribution >= 4 is 73.6 Å². The summed E-state index contributed by atoms with van der Waals surface area (Å²) in [6, 6.07) is 16.0. The number of ether oxygens (including phenoxy) is 2. The highest BCUT2D eigenvalue weighted by Crippen LogP contribution is 2.22. The molecule has 11 heteroatoms. The summed E-state index contributed by atoms with van der Waals surface area (Å²) in [5.74, 6) is -0.135. The second-order valence-corrected chi connectivity index (χ2v) is 8.81. The first-order chi connectivity index (χ1) is 17.4. The van der Waals surface area contributed by atoms with Crippen molar-refractivity contribution in [3.63, 3.8) is 0 Å². The minimum absolute atomic E-state index is 0.206. The maximum absolute atomic E-state index is 11.1. The molecule has 1 aromatic heterocycles. The number of esters is 2. The molecule has 2 heterocycles. The van der Waals surface area contributed by atoms with Gasteiger partial charge < -0.3 is 24.9 Å². The van der Waals surface area contributed by atoms with E-state index in [0.717, 1.165) is 27.6 Å². The van der Waals surface area contributed by atoms with E-state index in [4.69, 9.17) is 22.1 Å². The van der Waals surface area contributed by atoms with Crippen LogP contribution in [0.25, 0.3) is 11.0 Å². The van der Waals surface area contributed by atoms with Gasteiger partial charge in [0.2, 0.25) is 0 Å². The number of halogens is 1. The van der Waals surface area contributed by atoms with Crippen molar-refractivity contribution in [2.24, 2.45) is 0 Å². The summed E-state index contributed by atoms with van der Waals surface area (Å²) in [7, 11) is 0. The maximum atomic E-state index is 11.1. The van der Waals surface area contributed by atoms with Gasteiger partial charge in [0.05, 0.1) is 35.0 Å². The zero-order valence-electron chi connectivity index (χ0n) is 20.6. The normalized spacial score (nSPS) is 10.9. The number of anilines is 1.